The number of hydrogen-bond acceptors (Lipinski definition) is 1. The summed E-state index contributed by atoms with van der Waals surface area (Å²) in [4.78, 5) is 11.6. The predicted molar refractivity (Wildman–Crippen MR) is 79.7 cm³/mol. The first-order valence-corrected chi connectivity index (χ1v) is 7.72. The molecule has 0 aliphatic heterocycles. The third kappa shape index (κ3) is 13.5. The van der Waals surface area contributed by atoms with Crippen molar-refractivity contribution in [1.82, 2.24) is 5.32 Å². The quantitative estimate of drug-likeness (QED) is 0.564. The van der Waals surface area contributed by atoms with Crippen LogP contribution in [0.3, 0.4) is 0 Å². The van der Waals surface area contributed by atoms with Crippen LogP contribution in [0.4, 0.5) is 0 Å². The minimum absolute atomic E-state index is 0.189. The van der Waals surface area contributed by atoms with Gasteiger partial charge in [0.05, 0.1) is 0 Å². The minimum atomic E-state index is 0.189. The molecule has 0 aliphatic rings. The Morgan fingerprint density at radius 3 is 1.89 bits per heavy atom. The van der Waals surface area contributed by atoms with Crippen LogP contribution < -0.4 is 5.32 Å². The highest BCUT2D eigenvalue weighted by molar-refractivity contribution is 5.75. The number of amides is 1. The van der Waals surface area contributed by atoms with Gasteiger partial charge in [0.2, 0.25) is 5.91 Å². The summed E-state index contributed by atoms with van der Waals surface area (Å²) >= 11 is 0. The first-order valence-electron chi connectivity index (χ1n) is 7.72. The van der Waals surface area contributed by atoms with Crippen molar-refractivity contribution in [3.8, 4) is 0 Å². The molecule has 0 rings (SSSR count). The number of carbonyl (C=O) groups excluding carboxylic acids is 1. The molecular formula is C16H33NO. The number of unbranched alkanes of at least 4 members (excludes halogenated alkanes) is 7. The van der Waals surface area contributed by atoms with Crippen LogP contribution in [0.2, 0.25) is 0 Å². The molecule has 0 fully saturated rings. The van der Waals surface area contributed by atoms with Gasteiger partial charge in [-0.3, -0.25) is 4.79 Å². The monoisotopic (exact) mass is 255 g/mol. The smallest absolute Gasteiger partial charge is 0.220 e. The van der Waals surface area contributed by atoms with Crippen LogP contribution in [0.5, 0.6) is 0 Å². The van der Waals surface area contributed by atoms with E-state index >= 15 is 0 Å². The van der Waals surface area contributed by atoms with Crippen LogP contribution in [-0.2, 0) is 4.79 Å². The van der Waals surface area contributed by atoms with Crippen LogP contribution in [0, 0.1) is 5.41 Å². The summed E-state index contributed by atoms with van der Waals surface area (Å²) in [6.45, 7) is 9.45. The zero-order valence-electron chi connectivity index (χ0n) is 13.0. The van der Waals surface area contributed by atoms with Gasteiger partial charge in [-0.1, -0.05) is 72.6 Å². The van der Waals surface area contributed by atoms with Crippen LogP contribution in [0.25, 0.3) is 0 Å². The normalized spacial score (nSPS) is 11.6. The molecule has 108 valence electrons. The average Bonchev–Trinajstić information content (AvgIpc) is 2.29. The lowest BCUT2D eigenvalue weighted by atomic mass is 9.97. The molecule has 0 bridgehead atoms. The molecular weight excluding hydrogens is 222 g/mol. The van der Waals surface area contributed by atoms with Crippen LogP contribution in [-0.4, -0.2) is 12.5 Å². The molecule has 18 heavy (non-hydrogen) atoms. The summed E-state index contributed by atoms with van der Waals surface area (Å²) in [5.41, 5.74) is 0.189. The van der Waals surface area contributed by atoms with E-state index in [1.54, 1.807) is 0 Å². The second-order valence-corrected chi connectivity index (χ2v) is 6.56. The van der Waals surface area contributed by atoms with E-state index < -0.39 is 0 Å². The second-order valence-electron chi connectivity index (χ2n) is 6.56. The fraction of sp³-hybridized carbons (Fsp3) is 0.938. The van der Waals surface area contributed by atoms with Crippen molar-refractivity contribution >= 4 is 5.91 Å². The molecule has 0 aromatic rings. The Balaban J connectivity index is 3.25. The summed E-state index contributed by atoms with van der Waals surface area (Å²) in [5, 5.41) is 3.00. The molecule has 0 radical (unpaired) electrons. The van der Waals surface area contributed by atoms with Gasteiger partial charge in [-0.05, 0) is 11.8 Å². The van der Waals surface area contributed by atoms with E-state index in [1.165, 1.54) is 44.9 Å². The lowest BCUT2D eigenvalue weighted by Crippen LogP contribution is -2.31. The zero-order chi connectivity index (χ0) is 13.9. The van der Waals surface area contributed by atoms with Gasteiger partial charge in [0, 0.05) is 13.0 Å². The summed E-state index contributed by atoms with van der Waals surface area (Å²) in [5.74, 6) is 0.218. The van der Waals surface area contributed by atoms with E-state index in [2.05, 4.69) is 33.0 Å². The number of hydrogen-bond donors (Lipinski definition) is 1. The molecule has 1 N–H and O–H groups in total. The van der Waals surface area contributed by atoms with Gasteiger partial charge >= 0.3 is 0 Å². The summed E-state index contributed by atoms with van der Waals surface area (Å²) in [6, 6.07) is 0. The van der Waals surface area contributed by atoms with Gasteiger partial charge in [0.1, 0.15) is 0 Å². The maximum atomic E-state index is 11.6. The zero-order valence-corrected chi connectivity index (χ0v) is 13.0. The highest BCUT2D eigenvalue weighted by Crippen LogP contribution is 2.11. The van der Waals surface area contributed by atoms with E-state index in [0.29, 0.717) is 6.42 Å². The van der Waals surface area contributed by atoms with E-state index in [4.69, 9.17) is 0 Å². The molecule has 0 aliphatic carbocycles. The van der Waals surface area contributed by atoms with Gasteiger partial charge in [-0.15, -0.1) is 0 Å². The molecule has 2 heteroatoms. The molecule has 0 aromatic carbocycles. The first-order chi connectivity index (χ1) is 8.45. The highest BCUT2D eigenvalue weighted by atomic mass is 16.1. The Morgan fingerprint density at radius 1 is 0.889 bits per heavy atom. The minimum Gasteiger partial charge on any atom is -0.356 e. The molecule has 0 aromatic heterocycles. The Bertz CT molecular complexity index is 206. The number of rotatable bonds is 10. The van der Waals surface area contributed by atoms with Crippen molar-refractivity contribution in [3.63, 3.8) is 0 Å². The fourth-order valence-corrected chi connectivity index (χ4v) is 1.87. The largest absolute Gasteiger partial charge is 0.356 e. The van der Waals surface area contributed by atoms with Crippen LogP contribution >= 0.6 is 0 Å². The molecule has 1 amide bonds. The Labute approximate surface area is 114 Å². The Kier molecular flexibility index (Phi) is 10.1. The van der Waals surface area contributed by atoms with E-state index in [1.807, 2.05) is 0 Å². The molecule has 0 atom stereocenters. The summed E-state index contributed by atoms with van der Waals surface area (Å²) < 4.78 is 0. The van der Waals surface area contributed by atoms with E-state index in [0.717, 1.165) is 13.0 Å². The van der Waals surface area contributed by atoms with E-state index in [-0.39, 0.29) is 11.3 Å². The number of carbonyl (C=O) groups is 1. The Hall–Kier alpha value is -0.530. The highest BCUT2D eigenvalue weighted by Gasteiger charge is 2.11. The van der Waals surface area contributed by atoms with Gasteiger partial charge < -0.3 is 5.32 Å². The topological polar surface area (TPSA) is 29.1 Å². The molecule has 2 nitrogen and oxygen atoms in total. The van der Waals surface area contributed by atoms with Crippen molar-refractivity contribution < 1.29 is 4.79 Å². The first kappa shape index (κ1) is 17.5. The van der Waals surface area contributed by atoms with Crippen molar-refractivity contribution in [2.24, 2.45) is 5.41 Å². The second kappa shape index (κ2) is 10.4. The third-order valence-electron chi connectivity index (χ3n) is 3.07. The molecule has 0 spiro atoms. The molecule has 0 saturated carbocycles. The maximum absolute atomic E-state index is 11.6. The molecule has 0 heterocycles. The SMILES string of the molecule is CCCCCCCCCCC(=O)NCC(C)(C)C. The van der Waals surface area contributed by atoms with Crippen molar-refractivity contribution in [2.45, 2.75) is 85.5 Å². The molecule has 0 saturated heterocycles. The molecule has 0 unspecified atom stereocenters. The summed E-state index contributed by atoms with van der Waals surface area (Å²) in [6.07, 6.45) is 11.0. The maximum Gasteiger partial charge on any atom is 0.220 e. The lowest BCUT2D eigenvalue weighted by Gasteiger charge is -2.18. The Morgan fingerprint density at radius 2 is 1.39 bits per heavy atom. The van der Waals surface area contributed by atoms with Gasteiger partial charge in [0.15, 0.2) is 0 Å². The van der Waals surface area contributed by atoms with Gasteiger partial charge in [-0.2, -0.15) is 0 Å². The standard InChI is InChI=1S/C16H33NO/c1-5-6-7-8-9-10-11-12-13-15(18)17-14-16(2,3)4/h5-14H2,1-4H3,(H,17,18). The third-order valence-corrected chi connectivity index (χ3v) is 3.07. The average molecular weight is 255 g/mol. The van der Waals surface area contributed by atoms with Gasteiger partial charge in [0.25, 0.3) is 0 Å². The van der Waals surface area contributed by atoms with Crippen LogP contribution in [0.1, 0.15) is 85.5 Å². The van der Waals surface area contributed by atoms with Crippen molar-refractivity contribution in [3.05, 3.63) is 0 Å². The summed E-state index contributed by atoms with van der Waals surface area (Å²) in [7, 11) is 0. The fourth-order valence-electron chi connectivity index (χ4n) is 1.87. The van der Waals surface area contributed by atoms with Crippen molar-refractivity contribution in [2.75, 3.05) is 6.54 Å². The lowest BCUT2D eigenvalue weighted by molar-refractivity contribution is -0.121. The van der Waals surface area contributed by atoms with Crippen LogP contribution in [0.15, 0.2) is 0 Å². The van der Waals surface area contributed by atoms with Crippen molar-refractivity contribution in [1.29, 1.82) is 0 Å². The van der Waals surface area contributed by atoms with E-state index in [9.17, 15) is 4.79 Å². The number of nitrogens with one attached hydrogen (secondary N) is 1. The van der Waals surface area contributed by atoms with Gasteiger partial charge in [-0.25, -0.2) is 0 Å². The predicted octanol–water partition coefficient (Wildman–Crippen LogP) is 4.68.